The number of thiophene rings is 1. The lowest BCUT2D eigenvalue weighted by molar-refractivity contribution is 0.864. The predicted molar refractivity (Wildman–Crippen MR) is 107 cm³/mol. The summed E-state index contributed by atoms with van der Waals surface area (Å²) in [5, 5.41) is 2.16. The van der Waals surface area contributed by atoms with E-state index in [2.05, 4.69) is 58.0 Å². The standard InChI is InChI=1S/C8H12S.C7H11NS.2C2H6/c1-6(2)8-4-5-9-7(8)3;1-5(2)7-6(3)8-4-9-7;2*1-2/h4-6H,1-3H3;4-5H,1-3H3;2*1-2H3. The summed E-state index contributed by atoms with van der Waals surface area (Å²) in [5.74, 6) is 1.33. The maximum atomic E-state index is 4.16. The van der Waals surface area contributed by atoms with Crippen molar-refractivity contribution in [2.24, 2.45) is 0 Å². The fourth-order valence-electron chi connectivity index (χ4n) is 1.86. The van der Waals surface area contributed by atoms with E-state index in [1.54, 1.807) is 11.3 Å². The highest BCUT2D eigenvalue weighted by atomic mass is 32.1. The van der Waals surface area contributed by atoms with Crippen molar-refractivity contribution in [1.82, 2.24) is 4.98 Å². The highest BCUT2D eigenvalue weighted by Gasteiger charge is 2.04. The van der Waals surface area contributed by atoms with Crippen molar-refractivity contribution >= 4 is 22.7 Å². The molecule has 0 radical (unpaired) electrons. The Labute approximate surface area is 146 Å². The topological polar surface area (TPSA) is 12.9 Å². The van der Waals surface area contributed by atoms with Crippen LogP contribution in [0.1, 0.15) is 88.2 Å². The second kappa shape index (κ2) is 14.0. The van der Waals surface area contributed by atoms with Crippen molar-refractivity contribution in [1.29, 1.82) is 0 Å². The highest BCUT2D eigenvalue weighted by Crippen LogP contribution is 2.23. The zero-order valence-electron chi connectivity index (χ0n) is 16.2. The molecule has 128 valence electrons. The lowest BCUT2D eigenvalue weighted by Gasteiger charge is -2.00. The second-order valence-corrected chi connectivity index (χ2v) is 7.05. The van der Waals surface area contributed by atoms with Crippen LogP contribution in [0.5, 0.6) is 0 Å². The third-order valence-corrected chi connectivity index (χ3v) is 4.92. The van der Waals surface area contributed by atoms with E-state index in [1.807, 2.05) is 44.5 Å². The Morgan fingerprint density at radius 1 is 0.864 bits per heavy atom. The molecule has 2 aromatic rings. The lowest BCUT2D eigenvalue weighted by Crippen LogP contribution is -1.84. The summed E-state index contributed by atoms with van der Waals surface area (Å²) < 4.78 is 0. The number of rotatable bonds is 2. The molecule has 0 aliphatic heterocycles. The van der Waals surface area contributed by atoms with E-state index < -0.39 is 0 Å². The average Bonchev–Trinajstić information content (AvgIpc) is 3.12. The average molecular weight is 342 g/mol. The molecule has 2 rings (SSSR count). The van der Waals surface area contributed by atoms with Gasteiger partial charge in [0.2, 0.25) is 0 Å². The first-order chi connectivity index (χ1) is 10.4. The Bertz CT molecular complexity index is 423. The van der Waals surface area contributed by atoms with Crippen LogP contribution in [0.25, 0.3) is 0 Å². The van der Waals surface area contributed by atoms with Crippen LogP contribution >= 0.6 is 22.7 Å². The number of nitrogens with zero attached hydrogens (tertiary/aromatic N) is 1. The first-order valence-corrected chi connectivity index (χ1v) is 10.1. The minimum Gasteiger partial charge on any atom is -0.250 e. The van der Waals surface area contributed by atoms with Crippen LogP contribution in [-0.2, 0) is 0 Å². The third-order valence-electron chi connectivity index (χ3n) is 2.83. The molecule has 0 atom stereocenters. The molecule has 0 amide bonds. The monoisotopic (exact) mass is 341 g/mol. The molecule has 0 spiro atoms. The van der Waals surface area contributed by atoms with Gasteiger partial charge in [0, 0.05) is 9.75 Å². The number of hydrogen-bond acceptors (Lipinski definition) is 3. The molecule has 0 aromatic carbocycles. The van der Waals surface area contributed by atoms with Gasteiger partial charge in [-0.15, -0.1) is 22.7 Å². The van der Waals surface area contributed by atoms with Gasteiger partial charge in [0.15, 0.2) is 0 Å². The van der Waals surface area contributed by atoms with Gasteiger partial charge in [0.25, 0.3) is 0 Å². The van der Waals surface area contributed by atoms with Crippen molar-refractivity contribution in [2.75, 3.05) is 0 Å². The number of aryl methyl sites for hydroxylation is 2. The summed E-state index contributed by atoms with van der Waals surface area (Å²) in [4.78, 5) is 7.03. The SMILES string of the molecule is CC.CC.Cc1ncsc1C(C)C.Cc1sccc1C(C)C. The lowest BCUT2D eigenvalue weighted by atomic mass is 10.1. The summed E-state index contributed by atoms with van der Waals surface area (Å²) in [6.07, 6.45) is 0. The normalized spacial score (nSPS) is 9.27. The molecule has 0 saturated heterocycles. The summed E-state index contributed by atoms with van der Waals surface area (Å²) in [7, 11) is 0. The van der Waals surface area contributed by atoms with Gasteiger partial charge in [0.05, 0.1) is 11.2 Å². The van der Waals surface area contributed by atoms with E-state index in [-0.39, 0.29) is 0 Å². The smallest absolute Gasteiger partial charge is 0.0797 e. The van der Waals surface area contributed by atoms with Gasteiger partial charge >= 0.3 is 0 Å². The Balaban J connectivity index is 0. The minimum absolute atomic E-state index is 0.637. The fourth-order valence-corrected chi connectivity index (χ4v) is 3.54. The van der Waals surface area contributed by atoms with Gasteiger partial charge in [-0.3, -0.25) is 0 Å². The molecule has 0 saturated carbocycles. The zero-order valence-corrected chi connectivity index (χ0v) is 17.8. The van der Waals surface area contributed by atoms with Gasteiger partial charge in [-0.2, -0.15) is 0 Å². The first-order valence-electron chi connectivity index (χ1n) is 8.37. The molecule has 0 unspecified atom stereocenters. The van der Waals surface area contributed by atoms with Crippen molar-refractivity contribution in [3.8, 4) is 0 Å². The van der Waals surface area contributed by atoms with Gasteiger partial charge in [-0.25, -0.2) is 4.98 Å². The Hall–Kier alpha value is -0.670. The maximum Gasteiger partial charge on any atom is 0.0797 e. The van der Waals surface area contributed by atoms with Gasteiger partial charge < -0.3 is 0 Å². The second-order valence-electron chi connectivity index (χ2n) is 5.04. The first kappa shape index (κ1) is 23.6. The Morgan fingerprint density at radius 2 is 1.41 bits per heavy atom. The molecule has 2 heterocycles. The van der Waals surface area contributed by atoms with E-state index in [4.69, 9.17) is 0 Å². The number of aromatic nitrogens is 1. The predicted octanol–water partition coefficient (Wildman–Crippen LogP) is 7.81. The zero-order chi connectivity index (χ0) is 17.7. The molecular weight excluding hydrogens is 306 g/mol. The van der Waals surface area contributed by atoms with Crippen LogP contribution in [0.15, 0.2) is 17.0 Å². The van der Waals surface area contributed by atoms with Crippen LogP contribution in [-0.4, -0.2) is 4.98 Å². The molecule has 22 heavy (non-hydrogen) atoms. The van der Waals surface area contributed by atoms with Crippen LogP contribution in [0.3, 0.4) is 0 Å². The van der Waals surface area contributed by atoms with Gasteiger partial charge in [-0.05, 0) is 42.7 Å². The van der Waals surface area contributed by atoms with E-state index in [0.29, 0.717) is 11.8 Å². The molecular formula is C19H35NS2. The van der Waals surface area contributed by atoms with Crippen molar-refractivity contribution < 1.29 is 0 Å². The summed E-state index contributed by atoms with van der Waals surface area (Å²) in [5.41, 5.74) is 4.60. The van der Waals surface area contributed by atoms with Crippen LogP contribution in [0.2, 0.25) is 0 Å². The molecule has 0 N–H and O–H groups in total. The Morgan fingerprint density at radius 3 is 1.59 bits per heavy atom. The Kier molecular flexibility index (Phi) is 15.0. The van der Waals surface area contributed by atoms with Crippen molar-refractivity contribution in [2.45, 2.75) is 81.1 Å². The maximum absolute atomic E-state index is 4.16. The van der Waals surface area contributed by atoms with E-state index in [9.17, 15) is 0 Å². The fraction of sp³-hybridized carbons (Fsp3) is 0.632. The van der Waals surface area contributed by atoms with Gasteiger partial charge in [0.1, 0.15) is 0 Å². The quantitative estimate of drug-likeness (QED) is 0.542. The number of hydrogen-bond donors (Lipinski definition) is 0. The molecule has 1 nitrogen and oxygen atoms in total. The summed E-state index contributed by atoms with van der Waals surface area (Å²) >= 11 is 3.58. The highest BCUT2D eigenvalue weighted by molar-refractivity contribution is 7.10. The van der Waals surface area contributed by atoms with Gasteiger partial charge in [-0.1, -0.05) is 55.4 Å². The summed E-state index contributed by atoms with van der Waals surface area (Å²) in [6.45, 7) is 21.1. The van der Waals surface area contributed by atoms with Crippen molar-refractivity contribution in [3.63, 3.8) is 0 Å². The number of thiazole rings is 1. The van der Waals surface area contributed by atoms with Crippen LogP contribution in [0, 0.1) is 13.8 Å². The van der Waals surface area contributed by atoms with E-state index in [1.165, 1.54) is 21.0 Å². The van der Waals surface area contributed by atoms with Crippen LogP contribution < -0.4 is 0 Å². The van der Waals surface area contributed by atoms with Crippen LogP contribution in [0.4, 0.5) is 0 Å². The third kappa shape index (κ3) is 8.70. The van der Waals surface area contributed by atoms with E-state index >= 15 is 0 Å². The molecule has 2 aromatic heterocycles. The van der Waals surface area contributed by atoms with E-state index in [0.717, 1.165) is 0 Å². The molecule has 0 aliphatic carbocycles. The molecule has 3 heteroatoms. The van der Waals surface area contributed by atoms with Crippen molar-refractivity contribution in [3.05, 3.63) is 38.0 Å². The largest absolute Gasteiger partial charge is 0.250 e. The minimum atomic E-state index is 0.637. The summed E-state index contributed by atoms with van der Waals surface area (Å²) in [6, 6.07) is 2.21. The molecule has 0 fully saturated rings. The molecule has 0 bridgehead atoms. The molecule has 0 aliphatic rings.